The van der Waals surface area contributed by atoms with Gasteiger partial charge in [0.25, 0.3) is 5.91 Å². The van der Waals surface area contributed by atoms with Crippen LogP contribution < -0.4 is 10.2 Å². The molecular weight excluding hydrogens is 586 g/mol. The summed E-state index contributed by atoms with van der Waals surface area (Å²) in [7, 11) is -3.62. The third kappa shape index (κ3) is 7.69. The lowest BCUT2D eigenvalue weighted by Gasteiger charge is -2.35. The zero-order valence-electron chi connectivity index (χ0n) is 23.7. The standard InChI is InChI=1S/C32H34ClN5O4S/c33-27-5-6-29-26(23-27)3-1-4-30(29)43(41,42)22-2-18-38(21-17-36-31(39)24-7-13-34-14-8-24)32(40)25-11-19-37(20-12-25)28-9-15-35-16-10-28/h1,3-10,13-16,23,25H,2,11-12,17-22H2,(H,36,39). The average Bonchev–Trinajstić information content (AvgIpc) is 3.04. The Morgan fingerprint density at radius 1 is 0.930 bits per heavy atom. The normalized spacial score (nSPS) is 14.0. The monoisotopic (exact) mass is 619 g/mol. The number of piperidine rings is 1. The minimum atomic E-state index is -3.62. The van der Waals surface area contributed by atoms with E-state index in [0.717, 1.165) is 24.2 Å². The topological polar surface area (TPSA) is 113 Å². The van der Waals surface area contributed by atoms with Gasteiger partial charge in [-0.25, -0.2) is 8.42 Å². The number of sulfone groups is 1. The third-order valence-electron chi connectivity index (χ3n) is 7.77. The molecule has 43 heavy (non-hydrogen) atoms. The molecule has 5 rings (SSSR count). The molecule has 0 unspecified atom stereocenters. The van der Waals surface area contributed by atoms with E-state index in [1.165, 1.54) is 0 Å². The van der Waals surface area contributed by atoms with Crippen molar-refractivity contribution in [3.05, 3.63) is 96.0 Å². The molecule has 11 heteroatoms. The van der Waals surface area contributed by atoms with Crippen LogP contribution in [0.5, 0.6) is 0 Å². The second-order valence-corrected chi connectivity index (χ2v) is 13.1. The van der Waals surface area contributed by atoms with Gasteiger partial charge >= 0.3 is 0 Å². The highest BCUT2D eigenvalue weighted by atomic mass is 35.5. The first kappa shape index (κ1) is 30.4. The molecule has 1 saturated heterocycles. The van der Waals surface area contributed by atoms with Gasteiger partial charge in [-0.05, 0) is 67.1 Å². The van der Waals surface area contributed by atoms with E-state index in [9.17, 15) is 18.0 Å². The van der Waals surface area contributed by atoms with E-state index in [0.29, 0.717) is 28.8 Å². The summed E-state index contributed by atoms with van der Waals surface area (Å²) < 4.78 is 26.8. The van der Waals surface area contributed by atoms with E-state index in [-0.39, 0.29) is 54.4 Å². The van der Waals surface area contributed by atoms with Crippen molar-refractivity contribution in [2.45, 2.75) is 24.2 Å². The van der Waals surface area contributed by atoms with Gasteiger partial charge in [-0.15, -0.1) is 0 Å². The summed E-state index contributed by atoms with van der Waals surface area (Å²) in [4.78, 5) is 38.5. The van der Waals surface area contributed by atoms with Crippen LogP contribution in [0, 0.1) is 5.92 Å². The fourth-order valence-electron chi connectivity index (χ4n) is 5.49. The second kappa shape index (κ2) is 14.0. The molecule has 2 amide bonds. The molecule has 4 aromatic rings. The smallest absolute Gasteiger partial charge is 0.251 e. The second-order valence-electron chi connectivity index (χ2n) is 10.6. The van der Waals surface area contributed by atoms with Crippen LogP contribution in [0.4, 0.5) is 5.69 Å². The number of rotatable bonds is 11. The lowest BCUT2D eigenvalue weighted by Crippen LogP contribution is -2.45. The molecule has 2 aromatic carbocycles. The zero-order valence-corrected chi connectivity index (χ0v) is 25.3. The molecule has 2 aromatic heterocycles. The summed E-state index contributed by atoms with van der Waals surface area (Å²) in [5.74, 6) is -0.542. The van der Waals surface area contributed by atoms with Gasteiger partial charge < -0.3 is 15.1 Å². The Kier molecular flexibility index (Phi) is 9.89. The molecule has 0 spiro atoms. The Morgan fingerprint density at radius 2 is 1.63 bits per heavy atom. The zero-order chi connectivity index (χ0) is 30.2. The fourth-order valence-corrected chi connectivity index (χ4v) is 7.21. The number of amides is 2. The molecule has 1 fully saturated rings. The van der Waals surface area contributed by atoms with Crippen molar-refractivity contribution in [1.82, 2.24) is 20.2 Å². The quantitative estimate of drug-likeness (QED) is 0.261. The van der Waals surface area contributed by atoms with Crippen LogP contribution in [0.3, 0.4) is 0 Å². The van der Waals surface area contributed by atoms with Crippen molar-refractivity contribution < 1.29 is 18.0 Å². The number of carbonyl (C=O) groups is 2. The van der Waals surface area contributed by atoms with Crippen LogP contribution in [0.25, 0.3) is 10.8 Å². The van der Waals surface area contributed by atoms with Gasteiger partial charge in [0.1, 0.15) is 0 Å². The van der Waals surface area contributed by atoms with Gasteiger partial charge in [-0.1, -0.05) is 29.8 Å². The molecule has 1 aliphatic heterocycles. The Hall–Kier alpha value is -4.02. The number of benzene rings is 2. The van der Waals surface area contributed by atoms with Crippen molar-refractivity contribution in [3.8, 4) is 0 Å². The Balaban J connectivity index is 1.24. The highest BCUT2D eigenvalue weighted by Gasteiger charge is 2.29. The maximum Gasteiger partial charge on any atom is 0.251 e. The van der Waals surface area contributed by atoms with E-state index in [1.807, 2.05) is 18.2 Å². The van der Waals surface area contributed by atoms with E-state index < -0.39 is 9.84 Å². The highest BCUT2D eigenvalue weighted by molar-refractivity contribution is 7.91. The van der Waals surface area contributed by atoms with Crippen molar-refractivity contribution >= 4 is 49.7 Å². The predicted octanol–water partition coefficient (Wildman–Crippen LogP) is 4.62. The summed E-state index contributed by atoms with van der Waals surface area (Å²) >= 11 is 6.11. The van der Waals surface area contributed by atoms with Gasteiger partial charge in [-0.2, -0.15) is 0 Å². The number of fused-ring (bicyclic) bond motifs is 1. The van der Waals surface area contributed by atoms with Crippen molar-refractivity contribution in [2.24, 2.45) is 5.92 Å². The van der Waals surface area contributed by atoms with Gasteiger partial charge in [0.15, 0.2) is 9.84 Å². The number of aromatic nitrogens is 2. The first-order chi connectivity index (χ1) is 20.8. The van der Waals surface area contributed by atoms with Crippen LogP contribution in [-0.2, 0) is 14.6 Å². The summed E-state index contributed by atoms with van der Waals surface area (Å²) in [6, 6.07) is 17.5. The van der Waals surface area contributed by atoms with Crippen LogP contribution in [0.15, 0.2) is 90.3 Å². The van der Waals surface area contributed by atoms with Crippen LogP contribution in [-0.4, -0.2) is 73.6 Å². The van der Waals surface area contributed by atoms with E-state index in [2.05, 4.69) is 20.2 Å². The number of pyridine rings is 2. The van der Waals surface area contributed by atoms with Crippen LogP contribution in [0.2, 0.25) is 5.02 Å². The summed E-state index contributed by atoms with van der Waals surface area (Å²) in [6.45, 7) is 2.29. The number of halogens is 1. The van der Waals surface area contributed by atoms with Crippen LogP contribution >= 0.6 is 11.6 Å². The van der Waals surface area contributed by atoms with Gasteiger partial charge in [-0.3, -0.25) is 19.6 Å². The van der Waals surface area contributed by atoms with E-state index in [1.54, 1.807) is 72.2 Å². The molecule has 0 saturated carbocycles. The maximum absolute atomic E-state index is 13.7. The molecular formula is C32H34ClN5O4S. The lowest BCUT2D eigenvalue weighted by atomic mass is 9.94. The Labute approximate surface area is 256 Å². The SMILES string of the molecule is O=C(NCCN(CCCS(=O)(=O)c1cccc2cc(Cl)ccc12)C(=O)C1CCN(c2ccncc2)CC1)c1ccncc1. The number of carbonyl (C=O) groups excluding carboxylic acids is 2. The minimum Gasteiger partial charge on any atom is -0.371 e. The first-order valence-corrected chi connectivity index (χ1v) is 16.4. The van der Waals surface area contributed by atoms with Crippen molar-refractivity contribution in [1.29, 1.82) is 0 Å². The molecule has 1 aliphatic rings. The lowest BCUT2D eigenvalue weighted by molar-refractivity contribution is -0.136. The number of nitrogens with zero attached hydrogens (tertiary/aromatic N) is 4. The summed E-state index contributed by atoms with van der Waals surface area (Å²) in [5, 5.41) is 4.79. The largest absolute Gasteiger partial charge is 0.371 e. The molecule has 0 radical (unpaired) electrons. The molecule has 9 nitrogen and oxygen atoms in total. The highest BCUT2D eigenvalue weighted by Crippen LogP contribution is 2.27. The van der Waals surface area contributed by atoms with Crippen molar-refractivity contribution in [3.63, 3.8) is 0 Å². The van der Waals surface area contributed by atoms with Gasteiger partial charge in [0, 0.05) is 85.1 Å². The summed E-state index contributed by atoms with van der Waals surface area (Å²) in [6.07, 6.45) is 8.27. The molecule has 3 heterocycles. The van der Waals surface area contributed by atoms with Crippen molar-refractivity contribution in [2.75, 3.05) is 43.4 Å². The van der Waals surface area contributed by atoms with E-state index in [4.69, 9.17) is 11.6 Å². The number of hydrogen-bond donors (Lipinski definition) is 1. The predicted molar refractivity (Wildman–Crippen MR) is 168 cm³/mol. The Bertz CT molecular complexity index is 1660. The molecule has 0 atom stereocenters. The number of anilines is 1. The first-order valence-electron chi connectivity index (χ1n) is 14.3. The minimum absolute atomic E-state index is 0.00950. The maximum atomic E-state index is 13.7. The van der Waals surface area contributed by atoms with E-state index >= 15 is 0 Å². The molecule has 1 N–H and O–H groups in total. The molecule has 224 valence electrons. The molecule has 0 aliphatic carbocycles. The van der Waals surface area contributed by atoms with Gasteiger partial charge in [0.05, 0.1) is 10.6 Å². The summed E-state index contributed by atoms with van der Waals surface area (Å²) in [5.41, 5.74) is 1.57. The average molecular weight is 620 g/mol. The fraction of sp³-hybridized carbons (Fsp3) is 0.312. The number of hydrogen-bond acceptors (Lipinski definition) is 7. The van der Waals surface area contributed by atoms with Crippen LogP contribution in [0.1, 0.15) is 29.6 Å². The van der Waals surface area contributed by atoms with Gasteiger partial charge in [0.2, 0.25) is 5.91 Å². The Morgan fingerprint density at radius 3 is 2.35 bits per heavy atom. The molecule has 0 bridgehead atoms. The number of nitrogens with one attached hydrogen (secondary N) is 1. The third-order valence-corrected chi connectivity index (χ3v) is 9.86.